The van der Waals surface area contributed by atoms with Crippen LogP contribution < -0.4 is 0 Å². The zero-order chi connectivity index (χ0) is 21.9. The monoisotopic (exact) mass is 435 g/mol. The van der Waals surface area contributed by atoms with Gasteiger partial charge in [0, 0.05) is 34.5 Å². The second-order valence-electron chi connectivity index (χ2n) is 9.23. The van der Waals surface area contributed by atoms with Crippen molar-refractivity contribution in [3.63, 3.8) is 0 Å². The molecule has 7 heteroatoms. The van der Waals surface area contributed by atoms with E-state index in [9.17, 15) is 4.79 Å². The van der Waals surface area contributed by atoms with Gasteiger partial charge in [-0.1, -0.05) is 13.8 Å². The van der Waals surface area contributed by atoms with E-state index in [1.54, 1.807) is 13.3 Å². The molecular weight excluding hydrogens is 406 g/mol. The van der Waals surface area contributed by atoms with Gasteiger partial charge >= 0.3 is 0 Å². The number of carbonyl (C=O) groups excluding carboxylic acids is 1. The summed E-state index contributed by atoms with van der Waals surface area (Å²) >= 11 is 1.90. The first-order valence-electron chi connectivity index (χ1n) is 11.0. The van der Waals surface area contributed by atoms with Gasteiger partial charge in [0.2, 0.25) is 0 Å². The Labute approximate surface area is 186 Å². The molecule has 0 saturated carbocycles. The number of rotatable bonds is 5. The Morgan fingerprint density at radius 1 is 1.35 bits per heavy atom. The summed E-state index contributed by atoms with van der Waals surface area (Å²) in [7, 11) is 0. The van der Waals surface area contributed by atoms with Crippen LogP contribution in [0.3, 0.4) is 0 Å². The molecular formula is C24H29N5OS. The van der Waals surface area contributed by atoms with Crippen LogP contribution in [0.25, 0.3) is 27.1 Å². The SMILES string of the molecule is CC(=O)CN1CC[C@H](c2sc3[nH]c(-c4cc(C)c5ncnn5c4)c(C(C)C)c3c2C)C1. The second kappa shape index (κ2) is 7.57. The summed E-state index contributed by atoms with van der Waals surface area (Å²) in [4.78, 5) is 24.7. The summed E-state index contributed by atoms with van der Waals surface area (Å²) in [6.45, 7) is 13.2. The smallest absolute Gasteiger partial charge is 0.158 e. The summed E-state index contributed by atoms with van der Waals surface area (Å²) in [5.74, 6) is 1.17. The number of carbonyl (C=O) groups is 1. The van der Waals surface area contributed by atoms with Gasteiger partial charge in [0.05, 0.1) is 12.2 Å². The molecule has 4 aromatic rings. The topological polar surface area (TPSA) is 66.3 Å². The first kappa shape index (κ1) is 20.4. The average Bonchev–Trinajstić information content (AvgIpc) is 3.45. The van der Waals surface area contributed by atoms with E-state index in [4.69, 9.17) is 0 Å². The lowest BCUT2D eigenvalue weighted by Gasteiger charge is -2.14. The van der Waals surface area contributed by atoms with Crippen LogP contribution >= 0.6 is 11.3 Å². The Morgan fingerprint density at radius 3 is 2.90 bits per heavy atom. The van der Waals surface area contributed by atoms with Crippen molar-refractivity contribution in [2.75, 3.05) is 19.6 Å². The summed E-state index contributed by atoms with van der Waals surface area (Å²) in [5, 5.41) is 5.74. The number of aryl methyl sites for hydroxylation is 2. The molecule has 0 spiro atoms. The molecule has 0 aromatic carbocycles. The molecule has 1 aliphatic heterocycles. The molecule has 31 heavy (non-hydrogen) atoms. The van der Waals surface area contributed by atoms with E-state index in [-0.39, 0.29) is 5.78 Å². The third-order valence-electron chi connectivity index (χ3n) is 6.48. The van der Waals surface area contributed by atoms with Gasteiger partial charge in [-0.25, -0.2) is 9.50 Å². The number of H-pyrrole nitrogens is 1. The highest BCUT2D eigenvalue weighted by Gasteiger charge is 2.30. The van der Waals surface area contributed by atoms with E-state index >= 15 is 0 Å². The molecule has 0 unspecified atom stereocenters. The van der Waals surface area contributed by atoms with Crippen LogP contribution in [0.4, 0.5) is 0 Å². The minimum atomic E-state index is 0.252. The third kappa shape index (κ3) is 3.40. The number of hydrogen-bond acceptors (Lipinski definition) is 5. The number of thiophene rings is 1. The Hall–Kier alpha value is -2.51. The maximum absolute atomic E-state index is 11.5. The van der Waals surface area contributed by atoms with Crippen LogP contribution in [0.15, 0.2) is 18.6 Å². The van der Waals surface area contributed by atoms with Gasteiger partial charge < -0.3 is 4.98 Å². The average molecular weight is 436 g/mol. The molecule has 1 atom stereocenters. The molecule has 0 bridgehead atoms. The summed E-state index contributed by atoms with van der Waals surface area (Å²) in [6, 6.07) is 2.21. The fourth-order valence-electron chi connectivity index (χ4n) is 5.18. The van der Waals surface area contributed by atoms with E-state index in [1.165, 1.54) is 31.9 Å². The molecule has 0 aliphatic carbocycles. The van der Waals surface area contributed by atoms with Gasteiger partial charge in [-0.2, -0.15) is 5.10 Å². The Balaban J connectivity index is 1.59. The lowest BCUT2D eigenvalue weighted by atomic mass is 9.94. The van der Waals surface area contributed by atoms with Gasteiger partial charge in [0.25, 0.3) is 0 Å². The maximum Gasteiger partial charge on any atom is 0.158 e. The van der Waals surface area contributed by atoms with Crippen molar-refractivity contribution in [2.45, 2.75) is 52.9 Å². The van der Waals surface area contributed by atoms with Crippen molar-refractivity contribution in [2.24, 2.45) is 0 Å². The highest BCUT2D eigenvalue weighted by molar-refractivity contribution is 7.19. The highest BCUT2D eigenvalue weighted by Crippen LogP contribution is 2.45. The molecule has 1 aliphatic rings. The number of likely N-dealkylation sites (tertiary alicyclic amines) is 1. The van der Waals surface area contributed by atoms with Crippen molar-refractivity contribution >= 4 is 33.0 Å². The van der Waals surface area contributed by atoms with E-state index in [0.29, 0.717) is 18.4 Å². The largest absolute Gasteiger partial charge is 0.346 e. The van der Waals surface area contributed by atoms with Crippen molar-refractivity contribution < 1.29 is 4.79 Å². The fourth-order valence-corrected chi connectivity index (χ4v) is 6.53. The Bertz CT molecular complexity index is 1290. The number of Topliss-reactive ketones (excluding diaryl/α,β-unsaturated/α-hetero) is 1. The normalized spacial score (nSPS) is 17.5. The van der Waals surface area contributed by atoms with E-state index in [0.717, 1.165) is 36.3 Å². The summed E-state index contributed by atoms with van der Waals surface area (Å²) in [6.07, 6.45) is 4.81. The van der Waals surface area contributed by atoms with Gasteiger partial charge in [-0.15, -0.1) is 11.3 Å². The van der Waals surface area contributed by atoms with Crippen LogP contribution in [-0.4, -0.2) is 49.9 Å². The number of ketones is 1. The molecule has 0 amide bonds. The molecule has 6 nitrogen and oxygen atoms in total. The standard InChI is InChI=1S/C24H29N5OS/c1-13(2)19-20-16(5)22(17-6-7-28(10-17)9-15(4)30)31-24(20)27-21(19)18-8-14(3)23-25-12-26-29(23)11-18/h8,11-13,17,27H,6-7,9-10H2,1-5H3/t17-/m0/s1. The lowest BCUT2D eigenvalue weighted by molar-refractivity contribution is -0.117. The Kier molecular flexibility index (Phi) is 4.98. The minimum absolute atomic E-state index is 0.252. The predicted octanol–water partition coefficient (Wildman–Crippen LogP) is 5.06. The molecule has 162 valence electrons. The second-order valence-corrected chi connectivity index (χ2v) is 10.3. The number of nitrogens with one attached hydrogen (secondary N) is 1. The molecule has 5 rings (SSSR count). The summed E-state index contributed by atoms with van der Waals surface area (Å²) in [5.41, 5.74) is 7.15. The van der Waals surface area contributed by atoms with E-state index in [1.807, 2.05) is 15.9 Å². The first-order chi connectivity index (χ1) is 14.8. The quantitative estimate of drug-likeness (QED) is 0.476. The summed E-state index contributed by atoms with van der Waals surface area (Å²) < 4.78 is 1.87. The number of fused-ring (bicyclic) bond motifs is 2. The number of aromatic amines is 1. The van der Waals surface area contributed by atoms with Gasteiger partial charge in [-0.3, -0.25) is 9.69 Å². The van der Waals surface area contributed by atoms with Crippen LogP contribution in [0.2, 0.25) is 0 Å². The lowest BCUT2D eigenvalue weighted by Crippen LogP contribution is -2.26. The highest BCUT2D eigenvalue weighted by atomic mass is 32.1. The molecule has 5 heterocycles. The first-order valence-corrected chi connectivity index (χ1v) is 11.8. The van der Waals surface area contributed by atoms with E-state index < -0.39 is 0 Å². The minimum Gasteiger partial charge on any atom is -0.346 e. The van der Waals surface area contributed by atoms with Gasteiger partial charge in [0.15, 0.2) is 5.65 Å². The van der Waals surface area contributed by atoms with Crippen molar-refractivity contribution in [1.29, 1.82) is 0 Å². The van der Waals surface area contributed by atoms with E-state index in [2.05, 4.69) is 59.9 Å². The van der Waals surface area contributed by atoms with Crippen molar-refractivity contribution in [3.8, 4) is 11.3 Å². The van der Waals surface area contributed by atoms with Crippen LogP contribution in [-0.2, 0) is 4.79 Å². The van der Waals surface area contributed by atoms with Crippen LogP contribution in [0, 0.1) is 13.8 Å². The molecule has 1 N–H and O–H groups in total. The van der Waals surface area contributed by atoms with Crippen LogP contribution in [0.1, 0.15) is 60.6 Å². The fraction of sp³-hybridized carbons (Fsp3) is 0.458. The van der Waals surface area contributed by atoms with Crippen molar-refractivity contribution in [3.05, 3.63) is 40.2 Å². The van der Waals surface area contributed by atoms with Gasteiger partial charge in [0.1, 0.15) is 16.9 Å². The molecule has 0 radical (unpaired) electrons. The number of hydrogen-bond donors (Lipinski definition) is 1. The predicted molar refractivity (Wildman–Crippen MR) is 126 cm³/mol. The molecule has 4 aromatic heterocycles. The van der Waals surface area contributed by atoms with Crippen LogP contribution in [0.5, 0.6) is 0 Å². The van der Waals surface area contributed by atoms with Gasteiger partial charge in [-0.05, 0) is 62.4 Å². The number of aromatic nitrogens is 4. The zero-order valence-corrected chi connectivity index (χ0v) is 19.6. The van der Waals surface area contributed by atoms with Crippen molar-refractivity contribution in [1.82, 2.24) is 24.5 Å². The maximum atomic E-state index is 11.5. The molecule has 1 fully saturated rings. The zero-order valence-electron chi connectivity index (χ0n) is 18.8. The Morgan fingerprint density at radius 2 is 2.16 bits per heavy atom. The third-order valence-corrected chi connectivity index (χ3v) is 7.85. The molecule has 1 saturated heterocycles. The number of nitrogens with zero attached hydrogens (tertiary/aromatic N) is 4. The number of pyridine rings is 1.